The first-order valence-electron chi connectivity index (χ1n) is 9.75. The fourth-order valence-corrected chi connectivity index (χ4v) is 2.70. The summed E-state index contributed by atoms with van der Waals surface area (Å²) in [5.41, 5.74) is 2.01. The summed E-state index contributed by atoms with van der Waals surface area (Å²) in [4.78, 5) is 24.2. The third-order valence-electron chi connectivity index (χ3n) is 4.50. The number of carbonyl (C=O) groups excluding carboxylic acids is 2. The molecule has 1 N–H and O–H groups in total. The van der Waals surface area contributed by atoms with Crippen LogP contribution in [0.25, 0.3) is 0 Å². The van der Waals surface area contributed by atoms with E-state index in [1.54, 1.807) is 26.4 Å². The van der Waals surface area contributed by atoms with E-state index in [1.807, 2.05) is 30.3 Å². The molecule has 0 bridgehead atoms. The molecular weight excluding hydrogens is 386 g/mol. The Bertz CT molecular complexity index is 847. The van der Waals surface area contributed by atoms with E-state index in [0.717, 1.165) is 5.56 Å². The van der Waals surface area contributed by atoms with E-state index >= 15 is 0 Å². The van der Waals surface area contributed by atoms with Crippen LogP contribution in [0.1, 0.15) is 37.8 Å². The summed E-state index contributed by atoms with van der Waals surface area (Å²) >= 11 is 0. The maximum atomic E-state index is 12.2. The number of carbonyl (C=O) groups is 2. The van der Waals surface area contributed by atoms with Crippen LogP contribution in [0.2, 0.25) is 0 Å². The van der Waals surface area contributed by atoms with Crippen molar-refractivity contribution in [3.8, 4) is 17.2 Å². The van der Waals surface area contributed by atoms with Crippen molar-refractivity contribution >= 4 is 11.9 Å². The van der Waals surface area contributed by atoms with Crippen LogP contribution in [0, 0.1) is 0 Å². The molecule has 0 fully saturated rings. The number of nitrogens with one attached hydrogen (secondary N) is 1. The van der Waals surface area contributed by atoms with Gasteiger partial charge in [0.25, 0.3) is 5.91 Å². The second-order valence-electron chi connectivity index (χ2n) is 7.05. The zero-order valence-corrected chi connectivity index (χ0v) is 18.1. The zero-order chi connectivity index (χ0) is 22.1. The molecule has 30 heavy (non-hydrogen) atoms. The molecule has 2 aromatic rings. The van der Waals surface area contributed by atoms with Crippen LogP contribution >= 0.6 is 0 Å². The van der Waals surface area contributed by atoms with Crippen LogP contribution in [0.5, 0.6) is 17.2 Å². The van der Waals surface area contributed by atoms with Crippen LogP contribution < -0.4 is 19.5 Å². The Morgan fingerprint density at radius 2 is 1.60 bits per heavy atom. The van der Waals surface area contributed by atoms with E-state index in [-0.39, 0.29) is 13.2 Å². The van der Waals surface area contributed by atoms with Gasteiger partial charge in [-0.3, -0.25) is 4.79 Å². The van der Waals surface area contributed by atoms with Crippen molar-refractivity contribution in [1.82, 2.24) is 5.32 Å². The van der Waals surface area contributed by atoms with Gasteiger partial charge < -0.3 is 24.3 Å². The first kappa shape index (κ1) is 23.1. The van der Waals surface area contributed by atoms with Gasteiger partial charge in [0.1, 0.15) is 5.75 Å². The van der Waals surface area contributed by atoms with E-state index in [1.165, 1.54) is 12.5 Å². The van der Waals surface area contributed by atoms with Gasteiger partial charge in [0.05, 0.1) is 14.2 Å². The second-order valence-corrected chi connectivity index (χ2v) is 7.05. The molecule has 1 atom stereocenters. The summed E-state index contributed by atoms with van der Waals surface area (Å²) in [6.45, 7) is 5.71. The number of rotatable bonds is 10. The lowest BCUT2D eigenvalue weighted by atomic mass is 10.0. The van der Waals surface area contributed by atoms with E-state index in [2.05, 4.69) is 19.2 Å². The number of ether oxygens (including phenoxy) is 4. The molecule has 0 aromatic heterocycles. The molecule has 7 heteroatoms. The van der Waals surface area contributed by atoms with Gasteiger partial charge in [-0.2, -0.15) is 0 Å². The zero-order valence-electron chi connectivity index (χ0n) is 18.1. The summed E-state index contributed by atoms with van der Waals surface area (Å²) in [7, 11) is 3.10. The summed E-state index contributed by atoms with van der Waals surface area (Å²) in [5, 5.41) is 2.73. The minimum atomic E-state index is -0.940. The first-order valence-corrected chi connectivity index (χ1v) is 9.75. The standard InChI is InChI=1S/C23H29NO6/c1-15(2)18-7-9-19(10-8-18)29-14-22(25)30-16(3)23(26)24-13-17-6-11-20(27-4)21(12-17)28-5/h6-12,15-16H,13-14H2,1-5H3,(H,24,26). The molecule has 0 aliphatic heterocycles. The number of hydrogen-bond donors (Lipinski definition) is 1. The summed E-state index contributed by atoms with van der Waals surface area (Å²) in [5.74, 6) is 1.15. The molecule has 1 unspecified atom stereocenters. The predicted molar refractivity (Wildman–Crippen MR) is 113 cm³/mol. The first-order chi connectivity index (χ1) is 14.3. The van der Waals surface area contributed by atoms with Crippen molar-refractivity contribution in [2.45, 2.75) is 39.3 Å². The van der Waals surface area contributed by atoms with Gasteiger partial charge in [0.15, 0.2) is 24.2 Å². The Labute approximate surface area is 177 Å². The van der Waals surface area contributed by atoms with E-state index in [0.29, 0.717) is 23.2 Å². The molecular formula is C23H29NO6. The van der Waals surface area contributed by atoms with Gasteiger partial charge in [0, 0.05) is 6.54 Å². The van der Waals surface area contributed by atoms with Crippen molar-refractivity contribution in [1.29, 1.82) is 0 Å². The van der Waals surface area contributed by atoms with Gasteiger partial charge in [-0.25, -0.2) is 4.79 Å². The van der Waals surface area contributed by atoms with Crippen LogP contribution in [0.3, 0.4) is 0 Å². The summed E-state index contributed by atoms with van der Waals surface area (Å²) in [6, 6.07) is 12.9. The van der Waals surface area contributed by atoms with E-state index < -0.39 is 18.0 Å². The highest BCUT2D eigenvalue weighted by Crippen LogP contribution is 2.27. The quantitative estimate of drug-likeness (QED) is 0.599. The van der Waals surface area contributed by atoms with Crippen LogP contribution in [0.4, 0.5) is 0 Å². The number of hydrogen-bond acceptors (Lipinski definition) is 6. The van der Waals surface area contributed by atoms with Crippen molar-refractivity contribution in [2.75, 3.05) is 20.8 Å². The van der Waals surface area contributed by atoms with E-state index in [4.69, 9.17) is 18.9 Å². The SMILES string of the molecule is COc1ccc(CNC(=O)C(C)OC(=O)COc2ccc(C(C)C)cc2)cc1OC. The van der Waals surface area contributed by atoms with Gasteiger partial charge in [-0.1, -0.05) is 32.0 Å². The highest BCUT2D eigenvalue weighted by Gasteiger charge is 2.18. The van der Waals surface area contributed by atoms with Gasteiger partial charge in [-0.05, 0) is 48.2 Å². The third-order valence-corrected chi connectivity index (χ3v) is 4.50. The van der Waals surface area contributed by atoms with Crippen LogP contribution in [-0.4, -0.2) is 38.8 Å². The molecule has 2 rings (SSSR count). The highest BCUT2D eigenvalue weighted by molar-refractivity contribution is 5.83. The average Bonchev–Trinajstić information content (AvgIpc) is 2.75. The van der Waals surface area contributed by atoms with Crippen molar-refractivity contribution in [3.63, 3.8) is 0 Å². The van der Waals surface area contributed by atoms with Gasteiger partial charge in [-0.15, -0.1) is 0 Å². The molecule has 7 nitrogen and oxygen atoms in total. The highest BCUT2D eigenvalue weighted by atomic mass is 16.6. The molecule has 0 aliphatic rings. The summed E-state index contributed by atoms with van der Waals surface area (Å²) in [6.07, 6.45) is -0.940. The lowest BCUT2D eigenvalue weighted by molar-refractivity contribution is -0.156. The topological polar surface area (TPSA) is 83.1 Å². The van der Waals surface area contributed by atoms with Crippen LogP contribution in [-0.2, 0) is 20.9 Å². The lowest BCUT2D eigenvalue weighted by Crippen LogP contribution is -2.36. The predicted octanol–water partition coefficient (Wildman–Crippen LogP) is 3.45. The maximum Gasteiger partial charge on any atom is 0.344 e. The average molecular weight is 415 g/mol. The molecule has 0 saturated carbocycles. The number of benzene rings is 2. The van der Waals surface area contributed by atoms with E-state index in [9.17, 15) is 9.59 Å². The largest absolute Gasteiger partial charge is 0.493 e. The Balaban J connectivity index is 1.78. The molecule has 162 valence electrons. The smallest absolute Gasteiger partial charge is 0.344 e. The Morgan fingerprint density at radius 3 is 2.20 bits per heavy atom. The van der Waals surface area contributed by atoms with Crippen molar-refractivity contribution < 1.29 is 28.5 Å². The van der Waals surface area contributed by atoms with Gasteiger partial charge in [0.2, 0.25) is 0 Å². The Kier molecular flexibility index (Phi) is 8.53. The fourth-order valence-electron chi connectivity index (χ4n) is 2.70. The number of esters is 1. The normalized spacial score (nSPS) is 11.5. The Hall–Kier alpha value is -3.22. The molecule has 0 heterocycles. The summed E-state index contributed by atoms with van der Waals surface area (Å²) < 4.78 is 21.0. The fraction of sp³-hybridized carbons (Fsp3) is 0.391. The number of methoxy groups -OCH3 is 2. The molecule has 1 amide bonds. The molecule has 0 radical (unpaired) electrons. The molecule has 0 aliphatic carbocycles. The third kappa shape index (κ3) is 6.69. The molecule has 0 spiro atoms. The van der Waals surface area contributed by atoms with Crippen molar-refractivity contribution in [2.24, 2.45) is 0 Å². The van der Waals surface area contributed by atoms with Crippen molar-refractivity contribution in [3.05, 3.63) is 53.6 Å². The minimum Gasteiger partial charge on any atom is -0.493 e. The van der Waals surface area contributed by atoms with Crippen LogP contribution in [0.15, 0.2) is 42.5 Å². The number of amides is 1. The molecule has 2 aromatic carbocycles. The maximum absolute atomic E-state index is 12.2. The monoisotopic (exact) mass is 415 g/mol. The minimum absolute atomic E-state index is 0.264. The van der Waals surface area contributed by atoms with Gasteiger partial charge >= 0.3 is 5.97 Å². The lowest BCUT2D eigenvalue weighted by Gasteiger charge is -2.15. The second kappa shape index (κ2) is 11.1. The Morgan fingerprint density at radius 1 is 0.933 bits per heavy atom. The molecule has 0 saturated heterocycles.